The molecule has 0 aromatic heterocycles. The van der Waals surface area contributed by atoms with Gasteiger partial charge in [-0.3, -0.25) is 4.79 Å². The van der Waals surface area contributed by atoms with Gasteiger partial charge in [0.2, 0.25) is 0 Å². The van der Waals surface area contributed by atoms with E-state index in [1.165, 1.54) is 19.3 Å². The van der Waals surface area contributed by atoms with Crippen molar-refractivity contribution in [1.29, 1.82) is 0 Å². The van der Waals surface area contributed by atoms with E-state index in [9.17, 15) is 26.4 Å². The molecule has 0 heterocycles. The summed E-state index contributed by atoms with van der Waals surface area (Å²) in [5.41, 5.74) is -5.46. The van der Waals surface area contributed by atoms with Gasteiger partial charge in [-0.1, -0.05) is 25.7 Å². The van der Waals surface area contributed by atoms with E-state index >= 15 is 0 Å². The van der Waals surface area contributed by atoms with Crippen molar-refractivity contribution >= 4 is 16.0 Å². The van der Waals surface area contributed by atoms with E-state index in [4.69, 9.17) is 4.74 Å². The molecular formula is C20H32F3NO4S. The smallest absolute Gasteiger partial charge is 0.465 e. The highest BCUT2D eigenvalue weighted by Gasteiger charge is 2.55. The minimum atomic E-state index is -5.25. The molecular weight excluding hydrogens is 407 g/mol. The molecule has 0 saturated heterocycles. The molecule has 0 spiro atoms. The number of sulfonamides is 1. The van der Waals surface area contributed by atoms with Crippen molar-refractivity contribution in [3.8, 4) is 0 Å². The number of nitrogens with one attached hydrogen (secondary N) is 1. The molecule has 0 atom stereocenters. The van der Waals surface area contributed by atoms with Crippen LogP contribution in [-0.2, 0) is 19.6 Å². The first kappa shape index (κ1) is 22.8. The molecule has 0 aliphatic heterocycles. The Bertz CT molecular complexity index is 642. The first-order valence-corrected chi connectivity index (χ1v) is 12.3. The maximum atomic E-state index is 12.7. The number of carbonyl (C=O) groups excluding carboxylic acids is 1. The molecule has 0 unspecified atom stereocenters. The summed E-state index contributed by atoms with van der Waals surface area (Å²) in [5, 5.41) is 0. The molecule has 5 nitrogen and oxygen atoms in total. The van der Waals surface area contributed by atoms with E-state index in [2.05, 4.69) is 0 Å². The van der Waals surface area contributed by atoms with Crippen LogP contribution in [0.5, 0.6) is 0 Å². The van der Waals surface area contributed by atoms with Gasteiger partial charge in [0.15, 0.2) is 0 Å². The second-order valence-corrected chi connectivity index (χ2v) is 11.1. The average molecular weight is 440 g/mol. The summed E-state index contributed by atoms with van der Waals surface area (Å²) >= 11 is 0. The number of rotatable bonds is 11. The van der Waals surface area contributed by atoms with Crippen molar-refractivity contribution in [2.45, 2.75) is 82.6 Å². The Morgan fingerprint density at radius 2 is 1.38 bits per heavy atom. The minimum absolute atomic E-state index is 0.00792. The Kier molecular flexibility index (Phi) is 7.18. The third-order valence-electron chi connectivity index (χ3n) is 6.87. The van der Waals surface area contributed by atoms with Crippen LogP contribution in [0.1, 0.15) is 77.0 Å². The van der Waals surface area contributed by atoms with E-state index in [1.54, 1.807) is 4.72 Å². The van der Waals surface area contributed by atoms with Gasteiger partial charge in [0, 0.05) is 6.54 Å². The summed E-state index contributed by atoms with van der Waals surface area (Å²) in [6.45, 7) is 0.233. The van der Waals surface area contributed by atoms with Crippen LogP contribution in [-0.4, -0.2) is 33.0 Å². The summed E-state index contributed by atoms with van der Waals surface area (Å²) in [5.74, 6) is 2.16. The largest absolute Gasteiger partial charge is 0.511 e. The number of alkyl halides is 3. The van der Waals surface area contributed by atoms with Gasteiger partial charge in [-0.15, -0.1) is 0 Å². The van der Waals surface area contributed by atoms with Crippen molar-refractivity contribution in [3.05, 3.63) is 0 Å². The molecule has 4 fully saturated rings. The molecule has 4 saturated carbocycles. The lowest BCUT2D eigenvalue weighted by Gasteiger charge is -2.55. The maximum absolute atomic E-state index is 12.7. The van der Waals surface area contributed by atoms with E-state index in [0.717, 1.165) is 62.7 Å². The number of halogens is 3. The van der Waals surface area contributed by atoms with Crippen molar-refractivity contribution in [3.63, 3.8) is 0 Å². The van der Waals surface area contributed by atoms with Crippen LogP contribution in [0.15, 0.2) is 0 Å². The zero-order chi connectivity index (χ0) is 21.1. The third kappa shape index (κ3) is 5.66. The zero-order valence-electron chi connectivity index (χ0n) is 16.8. The number of carbonyl (C=O) groups is 1. The number of hydrogen-bond donors (Lipinski definition) is 1. The second-order valence-electron chi connectivity index (χ2n) is 9.30. The third-order valence-corrected chi connectivity index (χ3v) is 8.07. The Labute approximate surface area is 171 Å². The Hall–Kier alpha value is -0.830. The van der Waals surface area contributed by atoms with Gasteiger partial charge >= 0.3 is 21.5 Å². The fourth-order valence-electron chi connectivity index (χ4n) is 5.90. The number of hydrogen-bond acceptors (Lipinski definition) is 4. The molecule has 4 bridgehead atoms. The number of ether oxygens (including phenoxy) is 1. The monoisotopic (exact) mass is 439 g/mol. The van der Waals surface area contributed by atoms with E-state index < -0.39 is 15.5 Å². The topological polar surface area (TPSA) is 72.5 Å². The van der Waals surface area contributed by atoms with Crippen LogP contribution in [0.25, 0.3) is 0 Å². The first-order chi connectivity index (χ1) is 13.6. The van der Waals surface area contributed by atoms with Crippen LogP contribution in [0, 0.1) is 23.2 Å². The van der Waals surface area contributed by atoms with Crippen LogP contribution in [0.3, 0.4) is 0 Å². The van der Waals surface area contributed by atoms with Gasteiger partial charge in [0.25, 0.3) is 0 Å². The average Bonchev–Trinajstić information content (AvgIpc) is 2.61. The maximum Gasteiger partial charge on any atom is 0.511 e. The summed E-state index contributed by atoms with van der Waals surface area (Å²) in [7, 11) is -5.23. The second kappa shape index (κ2) is 9.12. The van der Waals surface area contributed by atoms with Crippen molar-refractivity contribution < 1.29 is 31.1 Å². The summed E-state index contributed by atoms with van der Waals surface area (Å²) in [6.07, 6.45) is 11.3. The fourth-order valence-corrected chi connectivity index (χ4v) is 6.48. The highest BCUT2D eigenvalue weighted by atomic mass is 32.2. The lowest BCUT2D eigenvalue weighted by molar-refractivity contribution is -0.171. The zero-order valence-corrected chi connectivity index (χ0v) is 17.6. The Balaban J connectivity index is 1.21. The fraction of sp³-hybridized carbons (Fsp3) is 0.950. The molecule has 9 heteroatoms. The normalized spacial score (nSPS) is 31.2. The van der Waals surface area contributed by atoms with E-state index in [-0.39, 0.29) is 17.9 Å². The number of unbranched alkanes of at least 4 members (excludes halogenated alkanes) is 5. The minimum Gasteiger partial charge on any atom is -0.465 e. The SMILES string of the molecule is O=C(OCCCCCCCCNS(=O)(=O)C(F)(F)F)C12CC3CC(CC(C3)C1)C2. The van der Waals surface area contributed by atoms with Crippen molar-refractivity contribution in [2.75, 3.05) is 13.2 Å². The molecule has 0 radical (unpaired) electrons. The van der Waals surface area contributed by atoms with Crippen LogP contribution < -0.4 is 4.72 Å². The van der Waals surface area contributed by atoms with Crippen LogP contribution >= 0.6 is 0 Å². The molecule has 0 aromatic rings. The molecule has 0 amide bonds. The van der Waals surface area contributed by atoms with E-state index in [0.29, 0.717) is 19.4 Å². The molecule has 168 valence electrons. The van der Waals surface area contributed by atoms with Gasteiger partial charge in [0.05, 0.1) is 12.0 Å². The van der Waals surface area contributed by atoms with Crippen molar-refractivity contribution in [2.24, 2.45) is 23.2 Å². The molecule has 4 aliphatic rings. The standard InChI is InChI=1S/C20H32F3NO4S/c21-20(22,23)29(26,27)24-7-5-3-1-2-4-6-8-28-18(25)19-12-15-9-16(13-19)11-17(10-15)14-19/h15-17,24H,1-14H2. The number of esters is 1. The molecule has 4 aliphatic carbocycles. The summed E-state index contributed by atoms with van der Waals surface area (Å²) in [4.78, 5) is 12.7. The summed E-state index contributed by atoms with van der Waals surface area (Å²) < 4.78 is 65.3. The quantitative estimate of drug-likeness (QED) is 0.379. The molecule has 29 heavy (non-hydrogen) atoms. The Morgan fingerprint density at radius 1 is 0.897 bits per heavy atom. The lowest BCUT2D eigenvalue weighted by atomic mass is 9.49. The van der Waals surface area contributed by atoms with Crippen LogP contribution in [0.2, 0.25) is 0 Å². The van der Waals surface area contributed by atoms with E-state index in [1.807, 2.05) is 0 Å². The van der Waals surface area contributed by atoms with Crippen LogP contribution in [0.4, 0.5) is 13.2 Å². The highest BCUT2D eigenvalue weighted by molar-refractivity contribution is 7.90. The predicted octanol–water partition coefficient (Wildman–Crippen LogP) is 4.53. The van der Waals surface area contributed by atoms with Gasteiger partial charge in [-0.25, -0.2) is 13.1 Å². The van der Waals surface area contributed by atoms with Gasteiger partial charge in [-0.2, -0.15) is 13.2 Å². The van der Waals surface area contributed by atoms with Gasteiger partial charge < -0.3 is 4.74 Å². The van der Waals surface area contributed by atoms with Crippen molar-refractivity contribution in [1.82, 2.24) is 4.72 Å². The first-order valence-electron chi connectivity index (χ1n) is 10.8. The summed E-state index contributed by atoms with van der Waals surface area (Å²) in [6, 6.07) is 0. The van der Waals surface area contributed by atoms with Gasteiger partial charge in [-0.05, 0) is 69.1 Å². The predicted molar refractivity (Wildman–Crippen MR) is 102 cm³/mol. The molecule has 0 aromatic carbocycles. The highest BCUT2D eigenvalue weighted by Crippen LogP contribution is 2.60. The lowest BCUT2D eigenvalue weighted by Crippen LogP contribution is -2.50. The Morgan fingerprint density at radius 3 is 1.90 bits per heavy atom. The molecule has 1 N–H and O–H groups in total. The molecule has 4 rings (SSSR count). The van der Waals surface area contributed by atoms with Gasteiger partial charge in [0.1, 0.15) is 0 Å².